The molecule has 0 atom stereocenters. The third-order valence-corrected chi connectivity index (χ3v) is 8.03. The summed E-state index contributed by atoms with van der Waals surface area (Å²) in [7, 11) is 0. The van der Waals surface area contributed by atoms with Gasteiger partial charge in [-0.25, -0.2) is 0 Å². The number of thioether (sulfide) groups is 1. The number of aliphatic imine (C=N–C) groups is 1. The molecular formula is C22H26ClIN2O2S. The van der Waals surface area contributed by atoms with Crippen LogP contribution in [0.5, 0.6) is 5.75 Å². The first-order valence-corrected chi connectivity index (χ1v) is 12.8. The van der Waals surface area contributed by atoms with Gasteiger partial charge in [0, 0.05) is 16.6 Å². The highest BCUT2D eigenvalue weighted by Crippen LogP contribution is 2.40. The Hall–Kier alpha value is -0.730. The second-order valence-electron chi connectivity index (χ2n) is 8.11. The molecule has 3 fully saturated rings. The van der Waals surface area contributed by atoms with Gasteiger partial charge in [-0.1, -0.05) is 50.1 Å². The van der Waals surface area contributed by atoms with Gasteiger partial charge in [-0.3, -0.25) is 14.7 Å². The average molecular weight is 545 g/mol. The first-order chi connectivity index (χ1) is 14.0. The molecular weight excluding hydrogens is 519 g/mol. The first kappa shape index (κ1) is 21.5. The number of rotatable bonds is 3. The van der Waals surface area contributed by atoms with Gasteiger partial charge in [-0.15, -0.1) is 0 Å². The molecule has 1 aromatic carbocycles. The fourth-order valence-electron chi connectivity index (χ4n) is 4.44. The van der Waals surface area contributed by atoms with Crippen LogP contribution in [0.25, 0.3) is 6.08 Å². The number of benzene rings is 1. The number of halogens is 2. The summed E-state index contributed by atoms with van der Waals surface area (Å²) in [5.41, 5.74) is 0.584. The van der Waals surface area contributed by atoms with Crippen molar-refractivity contribution < 1.29 is 9.90 Å². The topological polar surface area (TPSA) is 52.9 Å². The van der Waals surface area contributed by atoms with Crippen LogP contribution in [-0.4, -0.2) is 33.2 Å². The average Bonchev–Trinajstić information content (AvgIpc) is 3.02. The van der Waals surface area contributed by atoms with E-state index >= 15 is 0 Å². The van der Waals surface area contributed by atoms with E-state index in [1.807, 2.05) is 4.90 Å². The molecule has 1 aliphatic heterocycles. The molecule has 4 nitrogen and oxygen atoms in total. The van der Waals surface area contributed by atoms with Crippen LogP contribution >= 0.6 is 46.0 Å². The number of hydrogen-bond acceptors (Lipinski definition) is 4. The maximum absolute atomic E-state index is 13.4. The molecule has 4 rings (SSSR count). The van der Waals surface area contributed by atoms with E-state index in [4.69, 9.17) is 16.6 Å². The van der Waals surface area contributed by atoms with E-state index in [1.165, 1.54) is 50.3 Å². The predicted molar refractivity (Wildman–Crippen MR) is 129 cm³/mol. The van der Waals surface area contributed by atoms with Gasteiger partial charge in [-0.2, -0.15) is 0 Å². The Balaban J connectivity index is 1.67. The Morgan fingerprint density at radius 3 is 2.45 bits per heavy atom. The lowest BCUT2D eigenvalue weighted by Crippen LogP contribution is -2.41. The maximum Gasteiger partial charge on any atom is 0.267 e. The number of carbonyl (C=O) groups is 1. The lowest BCUT2D eigenvalue weighted by Gasteiger charge is -2.31. The summed E-state index contributed by atoms with van der Waals surface area (Å²) < 4.78 is 0.678. The van der Waals surface area contributed by atoms with Gasteiger partial charge < -0.3 is 5.11 Å². The van der Waals surface area contributed by atoms with Crippen LogP contribution in [-0.2, 0) is 4.79 Å². The minimum Gasteiger partial charge on any atom is -0.506 e. The zero-order chi connectivity index (χ0) is 20.4. The second kappa shape index (κ2) is 9.60. The molecule has 1 heterocycles. The summed E-state index contributed by atoms with van der Waals surface area (Å²) >= 11 is 9.70. The summed E-state index contributed by atoms with van der Waals surface area (Å²) in [6.07, 6.45) is 13.4. The summed E-state index contributed by atoms with van der Waals surface area (Å²) in [6, 6.07) is 3.99. The molecule has 1 aromatic rings. The van der Waals surface area contributed by atoms with Gasteiger partial charge in [0.1, 0.15) is 5.75 Å². The van der Waals surface area contributed by atoms with E-state index in [9.17, 15) is 9.90 Å². The van der Waals surface area contributed by atoms with Gasteiger partial charge in [0.2, 0.25) is 0 Å². The van der Waals surface area contributed by atoms with Gasteiger partial charge in [0.05, 0.1) is 14.5 Å². The zero-order valence-corrected chi connectivity index (χ0v) is 20.1. The van der Waals surface area contributed by atoms with E-state index in [0.29, 0.717) is 25.1 Å². The fourth-order valence-corrected chi connectivity index (χ4v) is 6.60. The summed E-state index contributed by atoms with van der Waals surface area (Å²) in [5, 5.41) is 11.8. The monoisotopic (exact) mass is 544 g/mol. The minimum atomic E-state index is 0.0193. The first-order valence-electron chi connectivity index (χ1n) is 10.5. The van der Waals surface area contributed by atoms with Crippen molar-refractivity contribution in [3.05, 3.63) is 31.2 Å². The molecule has 7 heteroatoms. The SMILES string of the molecule is O=C1C(=Cc2cc(Cl)cc(I)c2O)SC(=NC2CCCCC2)N1C1CCCCC1. The van der Waals surface area contributed by atoms with Crippen molar-refractivity contribution in [1.82, 2.24) is 4.90 Å². The van der Waals surface area contributed by atoms with Crippen LogP contribution in [0.1, 0.15) is 69.8 Å². The van der Waals surface area contributed by atoms with Gasteiger partial charge in [0.15, 0.2) is 5.17 Å². The molecule has 0 bridgehead atoms. The van der Waals surface area contributed by atoms with Crippen molar-refractivity contribution in [3.8, 4) is 5.75 Å². The van der Waals surface area contributed by atoms with Crippen molar-refractivity contribution >= 4 is 63.1 Å². The Morgan fingerprint density at radius 1 is 1.10 bits per heavy atom. The van der Waals surface area contributed by atoms with Crippen LogP contribution in [0.4, 0.5) is 0 Å². The predicted octanol–water partition coefficient (Wildman–Crippen LogP) is 6.59. The van der Waals surface area contributed by atoms with Crippen molar-refractivity contribution in [2.75, 3.05) is 0 Å². The molecule has 0 aromatic heterocycles. The van der Waals surface area contributed by atoms with Gasteiger partial charge in [-0.05, 0) is 78.2 Å². The number of phenols is 1. The van der Waals surface area contributed by atoms with E-state index in [2.05, 4.69) is 22.6 Å². The van der Waals surface area contributed by atoms with Crippen LogP contribution in [0.3, 0.4) is 0 Å². The van der Waals surface area contributed by atoms with Crippen LogP contribution < -0.4 is 0 Å². The zero-order valence-electron chi connectivity index (χ0n) is 16.4. The Bertz CT molecular complexity index is 845. The smallest absolute Gasteiger partial charge is 0.267 e. The highest BCUT2D eigenvalue weighted by molar-refractivity contribution is 14.1. The maximum atomic E-state index is 13.4. The van der Waals surface area contributed by atoms with Crippen molar-refractivity contribution in [3.63, 3.8) is 0 Å². The standard InChI is InChI=1S/C22H26ClIN2O2S/c23-15-11-14(20(27)18(24)13-15)12-19-21(28)26(17-9-5-2-6-10-17)22(29-19)25-16-7-3-1-4-8-16/h11-13,16-17,27H,1-10H2. The molecule has 1 N–H and O–H groups in total. The number of amides is 1. The van der Waals surface area contributed by atoms with Crippen LogP contribution in [0.2, 0.25) is 5.02 Å². The van der Waals surface area contributed by atoms with E-state index < -0.39 is 0 Å². The fraction of sp³-hybridized carbons (Fsp3) is 0.545. The number of aromatic hydroxyl groups is 1. The quantitative estimate of drug-likeness (QED) is 0.345. The number of hydrogen-bond donors (Lipinski definition) is 1. The second-order valence-corrected chi connectivity index (χ2v) is 10.7. The Morgan fingerprint density at radius 2 is 1.76 bits per heavy atom. The molecule has 156 valence electrons. The van der Waals surface area contributed by atoms with Crippen molar-refractivity contribution in [2.45, 2.75) is 76.3 Å². The van der Waals surface area contributed by atoms with Crippen LogP contribution in [0, 0.1) is 3.57 Å². The molecule has 3 aliphatic rings. The molecule has 0 unspecified atom stereocenters. The molecule has 1 saturated heterocycles. The van der Waals surface area contributed by atoms with E-state index in [-0.39, 0.29) is 17.7 Å². The summed E-state index contributed by atoms with van der Waals surface area (Å²) in [4.78, 5) is 21.0. The third-order valence-electron chi connectivity index (χ3n) is 5.99. The normalized spacial score (nSPS) is 24.8. The van der Waals surface area contributed by atoms with E-state index in [1.54, 1.807) is 18.2 Å². The minimum absolute atomic E-state index is 0.0193. The Labute approximate surface area is 195 Å². The third kappa shape index (κ3) is 4.96. The van der Waals surface area contributed by atoms with E-state index in [0.717, 1.165) is 30.9 Å². The van der Waals surface area contributed by atoms with Crippen LogP contribution in [0.15, 0.2) is 22.0 Å². The molecule has 29 heavy (non-hydrogen) atoms. The molecule has 2 saturated carbocycles. The number of phenolic OH excluding ortho intramolecular Hbond substituents is 1. The summed E-state index contributed by atoms with van der Waals surface area (Å²) in [6.45, 7) is 0. The highest BCUT2D eigenvalue weighted by Gasteiger charge is 2.39. The van der Waals surface area contributed by atoms with Gasteiger partial charge in [0.25, 0.3) is 5.91 Å². The number of nitrogens with zero attached hydrogens (tertiary/aromatic N) is 2. The largest absolute Gasteiger partial charge is 0.506 e. The van der Waals surface area contributed by atoms with Gasteiger partial charge >= 0.3 is 0 Å². The lowest BCUT2D eigenvalue weighted by atomic mass is 9.94. The summed E-state index contributed by atoms with van der Waals surface area (Å²) in [5.74, 6) is 0.184. The number of amidine groups is 1. The molecule has 1 amide bonds. The van der Waals surface area contributed by atoms with Crippen molar-refractivity contribution in [1.29, 1.82) is 0 Å². The lowest BCUT2D eigenvalue weighted by molar-refractivity contribution is -0.124. The number of carbonyl (C=O) groups excluding carboxylic acids is 1. The Kier molecular flexibility index (Phi) is 7.12. The molecule has 2 aliphatic carbocycles. The highest BCUT2D eigenvalue weighted by atomic mass is 127. The van der Waals surface area contributed by atoms with Crippen molar-refractivity contribution in [2.24, 2.45) is 4.99 Å². The molecule has 0 radical (unpaired) electrons. The molecule has 0 spiro atoms.